The van der Waals surface area contributed by atoms with Gasteiger partial charge in [-0.1, -0.05) is 12.1 Å². The second-order valence-corrected chi connectivity index (χ2v) is 4.86. The fourth-order valence-electron chi connectivity index (χ4n) is 1.78. The maximum Gasteiger partial charge on any atom is 0.308 e. The van der Waals surface area contributed by atoms with Gasteiger partial charge in [-0.15, -0.1) is 0 Å². The summed E-state index contributed by atoms with van der Waals surface area (Å²) in [4.78, 5) is 24.1. The van der Waals surface area contributed by atoms with E-state index in [1.807, 2.05) is 24.3 Å². The molecule has 84 valence electrons. The topological polar surface area (TPSA) is 57.6 Å². The Bertz CT molecular complexity index is 447. The maximum absolute atomic E-state index is 11.7. The van der Waals surface area contributed by atoms with Crippen LogP contribution in [0.2, 0.25) is 0 Å². The Labute approximate surface area is 106 Å². The lowest BCUT2D eigenvalue weighted by molar-refractivity contribution is -0.141. The van der Waals surface area contributed by atoms with Crippen molar-refractivity contribution in [2.45, 2.75) is 6.42 Å². The fourth-order valence-corrected chi connectivity index (χ4v) is 2.46. The molecule has 4 nitrogen and oxygen atoms in total. The largest absolute Gasteiger partial charge is 0.481 e. The van der Waals surface area contributed by atoms with E-state index in [0.717, 1.165) is 9.26 Å². The average molecular weight is 331 g/mol. The molecule has 1 fully saturated rings. The van der Waals surface area contributed by atoms with E-state index in [4.69, 9.17) is 5.11 Å². The number of amides is 1. The lowest BCUT2D eigenvalue weighted by Gasteiger charge is -2.17. The van der Waals surface area contributed by atoms with Gasteiger partial charge in [0.05, 0.1) is 11.6 Å². The van der Waals surface area contributed by atoms with Crippen molar-refractivity contribution >= 4 is 40.2 Å². The third-order valence-corrected chi connectivity index (χ3v) is 3.53. The zero-order chi connectivity index (χ0) is 11.7. The number of carbonyl (C=O) groups is 2. The summed E-state index contributed by atoms with van der Waals surface area (Å²) in [5.41, 5.74) is 0.803. The Morgan fingerprint density at radius 3 is 2.69 bits per heavy atom. The van der Waals surface area contributed by atoms with Crippen LogP contribution in [-0.2, 0) is 9.59 Å². The summed E-state index contributed by atoms with van der Waals surface area (Å²) in [5, 5.41) is 8.88. The Hall–Kier alpha value is -1.11. The number of carboxylic acids is 1. The molecule has 2 rings (SSSR count). The zero-order valence-corrected chi connectivity index (χ0v) is 10.5. The first-order valence-corrected chi connectivity index (χ1v) is 5.95. The number of anilines is 1. The van der Waals surface area contributed by atoms with Crippen LogP contribution in [0.25, 0.3) is 0 Å². The summed E-state index contributed by atoms with van der Waals surface area (Å²) in [7, 11) is 0. The molecule has 1 aliphatic rings. The Morgan fingerprint density at radius 2 is 2.12 bits per heavy atom. The molecular formula is C11H10INO3. The molecule has 16 heavy (non-hydrogen) atoms. The highest BCUT2D eigenvalue weighted by atomic mass is 127. The minimum atomic E-state index is -0.901. The molecule has 1 N–H and O–H groups in total. The van der Waals surface area contributed by atoms with Gasteiger partial charge in [0.25, 0.3) is 0 Å². The molecule has 0 radical (unpaired) electrons. The number of halogens is 1. The van der Waals surface area contributed by atoms with E-state index in [2.05, 4.69) is 22.6 Å². The number of carboxylic acid groups (broad SMARTS) is 1. The molecule has 1 atom stereocenters. The Balaban J connectivity index is 2.27. The molecule has 1 aliphatic heterocycles. The molecule has 1 unspecified atom stereocenters. The van der Waals surface area contributed by atoms with Gasteiger partial charge in [0, 0.05) is 16.5 Å². The molecule has 5 heteroatoms. The molecule has 1 amide bonds. The van der Waals surface area contributed by atoms with Crippen LogP contribution >= 0.6 is 22.6 Å². The molecule has 1 aromatic rings. The third kappa shape index (κ3) is 2.04. The van der Waals surface area contributed by atoms with Crippen LogP contribution in [0, 0.1) is 9.49 Å². The highest BCUT2D eigenvalue weighted by molar-refractivity contribution is 14.1. The first kappa shape index (κ1) is 11.4. The SMILES string of the molecule is O=C(O)C1CC(=O)N(c2ccccc2I)C1. The summed E-state index contributed by atoms with van der Waals surface area (Å²) in [6.45, 7) is 0.272. The smallest absolute Gasteiger partial charge is 0.308 e. The normalized spacial score (nSPS) is 20.2. The maximum atomic E-state index is 11.7. The van der Waals surface area contributed by atoms with Crippen molar-refractivity contribution in [1.29, 1.82) is 0 Å². The van der Waals surface area contributed by atoms with Crippen molar-refractivity contribution in [3.05, 3.63) is 27.8 Å². The molecule has 1 heterocycles. The van der Waals surface area contributed by atoms with Crippen LogP contribution in [0.15, 0.2) is 24.3 Å². The van der Waals surface area contributed by atoms with Gasteiger partial charge in [-0.2, -0.15) is 0 Å². The molecule has 0 spiro atoms. The second-order valence-electron chi connectivity index (χ2n) is 3.70. The van der Waals surface area contributed by atoms with Gasteiger partial charge in [0.15, 0.2) is 0 Å². The number of para-hydroxylation sites is 1. The van der Waals surface area contributed by atoms with E-state index in [0.29, 0.717) is 0 Å². The van der Waals surface area contributed by atoms with Crippen molar-refractivity contribution in [3.63, 3.8) is 0 Å². The average Bonchev–Trinajstić information content (AvgIpc) is 2.61. The molecule has 0 aromatic heterocycles. The highest BCUT2D eigenvalue weighted by Gasteiger charge is 2.35. The number of hydrogen-bond donors (Lipinski definition) is 1. The van der Waals surface area contributed by atoms with Gasteiger partial charge in [0.1, 0.15) is 0 Å². The number of nitrogens with zero attached hydrogens (tertiary/aromatic N) is 1. The number of benzene rings is 1. The monoisotopic (exact) mass is 331 g/mol. The van der Waals surface area contributed by atoms with Gasteiger partial charge in [0.2, 0.25) is 5.91 Å². The predicted molar refractivity (Wildman–Crippen MR) is 67.3 cm³/mol. The fraction of sp³-hybridized carbons (Fsp3) is 0.273. The predicted octanol–water partition coefficient (Wildman–Crippen LogP) is 1.73. The van der Waals surface area contributed by atoms with E-state index >= 15 is 0 Å². The summed E-state index contributed by atoms with van der Waals surface area (Å²) in [6.07, 6.45) is 0.0975. The number of carbonyl (C=O) groups excluding carboxylic acids is 1. The number of aliphatic carboxylic acids is 1. The molecular weight excluding hydrogens is 321 g/mol. The number of hydrogen-bond acceptors (Lipinski definition) is 2. The van der Waals surface area contributed by atoms with E-state index in [1.54, 1.807) is 4.90 Å². The van der Waals surface area contributed by atoms with E-state index < -0.39 is 11.9 Å². The van der Waals surface area contributed by atoms with Crippen LogP contribution in [0.1, 0.15) is 6.42 Å². The van der Waals surface area contributed by atoms with Crippen LogP contribution in [0.4, 0.5) is 5.69 Å². The molecule has 0 saturated carbocycles. The summed E-state index contributed by atoms with van der Waals surface area (Å²) in [6, 6.07) is 7.47. The minimum absolute atomic E-state index is 0.0975. The van der Waals surface area contributed by atoms with E-state index in [9.17, 15) is 9.59 Å². The van der Waals surface area contributed by atoms with E-state index in [1.165, 1.54) is 0 Å². The number of rotatable bonds is 2. The van der Waals surface area contributed by atoms with Crippen LogP contribution in [0.5, 0.6) is 0 Å². The van der Waals surface area contributed by atoms with Crippen molar-refractivity contribution in [2.75, 3.05) is 11.4 Å². The van der Waals surface area contributed by atoms with Gasteiger partial charge in [-0.3, -0.25) is 9.59 Å². The molecule has 0 aliphatic carbocycles. The quantitative estimate of drug-likeness (QED) is 0.840. The van der Waals surface area contributed by atoms with Crippen molar-refractivity contribution < 1.29 is 14.7 Å². The third-order valence-electron chi connectivity index (χ3n) is 2.62. The highest BCUT2D eigenvalue weighted by Crippen LogP contribution is 2.28. The first-order valence-electron chi connectivity index (χ1n) is 4.87. The van der Waals surface area contributed by atoms with Crippen molar-refractivity contribution in [2.24, 2.45) is 5.92 Å². The Morgan fingerprint density at radius 1 is 1.44 bits per heavy atom. The lowest BCUT2D eigenvalue weighted by Crippen LogP contribution is -2.26. The van der Waals surface area contributed by atoms with Crippen LogP contribution < -0.4 is 4.90 Å². The summed E-state index contributed by atoms with van der Waals surface area (Å²) in [5.74, 6) is -1.60. The van der Waals surface area contributed by atoms with Crippen LogP contribution in [0.3, 0.4) is 0 Å². The van der Waals surface area contributed by atoms with Gasteiger partial charge >= 0.3 is 5.97 Å². The van der Waals surface area contributed by atoms with Crippen molar-refractivity contribution in [3.8, 4) is 0 Å². The summed E-state index contributed by atoms with van der Waals surface area (Å²) < 4.78 is 0.958. The van der Waals surface area contributed by atoms with Gasteiger partial charge in [-0.05, 0) is 34.7 Å². The van der Waals surface area contributed by atoms with Crippen LogP contribution in [-0.4, -0.2) is 23.5 Å². The second kappa shape index (κ2) is 4.40. The standard InChI is InChI=1S/C11H10INO3/c12-8-3-1-2-4-9(8)13-6-7(11(15)16)5-10(13)14/h1-4,7H,5-6H2,(H,15,16). The summed E-state index contributed by atoms with van der Waals surface area (Å²) >= 11 is 2.14. The van der Waals surface area contributed by atoms with Crippen molar-refractivity contribution in [1.82, 2.24) is 0 Å². The van der Waals surface area contributed by atoms with Gasteiger partial charge < -0.3 is 10.0 Å². The van der Waals surface area contributed by atoms with E-state index in [-0.39, 0.29) is 18.9 Å². The molecule has 1 aromatic carbocycles. The lowest BCUT2D eigenvalue weighted by atomic mass is 10.1. The van der Waals surface area contributed by atoms with Gasteiger partial charge in [-0.25, -0.2) is 0 Å². The molecule has 1 saturated heterocycles. The zero-order valence-electron chi connectivity index (χ0n) is 8.39. The Kier molecular flexibility index (Phi) is 3.13. The minimum Gasteiger partial charge on any atom is -0.481 e. The molecule has 0 bridgehead atoms. The first-order chi connectivity index (χ1) is 7.59.